The molecule has 0 fully saturated rings. The van der Waals surface area contributed by atoms with E-state index in [9.17, 15) is 4.79 Å². The molecule has 7 heavy (non-hydrogen) atoms. The number of Topliss-reactive ketones (excluding diaryl/α,β-unsaturated/α-hetero) is 1. The van der Waals surface area contributed by atoms with Gasteiger partial charge in [-0.1, -0.05) is 20.6 Å². The summed E-state index contributed by atoms with van der Waals surface area (Å²) in [6.45, 7) is -8.70. The van der Waals surface area contributed by atoms with E-state index in [0.29, 0.717) is 0 Å². The van der Waals surface area contributed by atoms with Crippen LogP contribution in [-0.4, -0.2) is 5.78 Å². The molecule has 0 bridgehead atoms. The molecular formula is C6H12O. The third-order valence-corrected chi connectivity index (χ3v) is 0.496. The van der Waals surface area contributed by atoms with Crippen molar-refractivity contribution < 1.29 is 17.1 Å². The summed E-state index contributed by atoms with van der Waals surface area (Å²) >= 11 is 0. The number of hydrogen-bond acceptors (Lipinski definition) is 1. The Balaban J connectivity index is 5.03. The molecule has 1 nitrogen and oxygen atoms in total. The Hall–Kier alpha value is -0.330. The van der Waals surface area contributed by atoms with Gasteiger partial charge in [-0.25, -0.2) is 0 Å². The fourth-order valence-electron chi connectivity index (χ4n) is 0.102. The Morgan fingerprint density at radius 2 is 2.57 bits per heavy atom. The van der Waals surface area contributed by atoms with E-state index in [1.54, 1.807) is 0 Å². The second-order valence-electron chi connectivity index (χ2n) is 1.08. The van der Waals surface area contributed by atoms with Gasteiger partial charge in [0.2, 0.25) is 0 Å². The van der Waals surface area contributed by atoms with E-state index >= 15 is 0 Å². The van der Waals surface area contributed by atoms with Crippen LogP contribution in [0.1, 0.15) is 39.3 Å². The third-order valence-electron chi connectivity index (χ3n) is 0.496. The number of carbonyl (C=O) groups is 1. The minimum absolute atomic E-state index is 1.05. The Kier molecular flexibility index (Phi) is 0.396. The molecule has 0 amide bonds. The van der Waals surface area contributed by atoms with Gasteiger partial charge in [0.05, 0.1) is 0 Å². The van der Waals surface area contributed by atoms with E-state index in [0.717, 1.165) is 0 Å². The van der Waals surface area contributed by atoms with Gasteiger partial charge in [0, 0.05) is 24.7 Å². The summed E-state index contributed by atoms with van der Waals surface area (Å²) in [5.41, 5.74) is 0. The first-order valence-electron chi connectivity index (χ1n) is 6.28. The van der Waals surface area contributed by atoms with E-state index in [-0.39, 0.29) is 0 Å². The van der Waals surface area contributed by atoms with Crippen molar-refractivity contribution in [2.75, 3.05) is 0 Å². The molecule has 0 saturated carbocycles. The molecule has 0 N–H and O–H groups in total. The fraction of sp³-hybridized carbons (Fsp3) is 0.833. The normalized spacial score (nSPS) is 34.1. The average molecular weight is 109 g/mol. The molecule has 0 atom stereocenters. The molecule has 0 aliphatic rings. The molecule has 0 aromatic rings. The monoisotopic (exact) mass is 109 g/mol. The maximum Gasteiger partial charge on any atom is 0.135 e. The standard InChI is InChI=1S/C6H12O/c1-4-6(7)5(2)3/h5H,4H2,1-3H3/i1D3,2D3,3D3. The van der Waals surface area contributed by atoms with Crippen LogP contribution in [0, 0.1) is 5.92 Å². The highest BCUT2D eigenvalue weighted by molar-refractivity contribution is 5.79. The van der Waals surface area contributed by atoms with Gasteiger partial charge in [0.25, 0.3) is 0 Å². The number of rotatable bonds is 2. The topological polar surface area (TPSA) is 17.1 Å². The summed E-state index contributed by atoms with van der Waals surface area (Å²) in [5, 5.41) is 0. The summed E-state index contributed by atoms with van der Waals surface area (Å²) in [7, 11) is 0. The van der Waals surface area contributed by atoms with Crippen molar-refractivity contribution in [3.63, 3.8) is 0 Å². The van der Waals surface area contributed by atoms with Crippen LogP contribution in [0.5, 0.6) is 0 Å². The average Bonchev–Trinajstić information content (AvgIpc) is 1.70. The predicted octanol–water partition coefficient (Wildman–Crippen LogP) is 1.62. The first kappa shape index (κ1) is 0.996. The van der Waals surface area contributed by atoms with Gasteiger partial charge in [0.1, 0.15) is 5.78 Å². The summed E-state index contributed by atoms with van der Waals surface area (Å²) in [5.74, 6) is -3.51. The van der Waals surface area contributed by atoms with Gasteiger partial charge >= 0.3 is 0 Å². The summed E-state index contributed by atoms with van der Waals surface area (Å²) in [6.07, 6.45) is -1.05. The highest BCUT2D eigenvalue weighted by Gasteiger charge is 2.00. The molecule has 42 valence electrons. The lowest BCUT2D eigenvalue weighted by Gasteiger charge is -1.96. The minimum Gasteiger partial charge on any atom is -0.299 e. The lowest BCUT2D eigenvalue weighted by atomic mass is 10.1. The highest BCUT2D eigenvalue weighted by Crippen LogP contribution is 1.95. The SMILES string of the molecule is [2H]C([2H])([2H])CC(=O)C(C([2H])([2H])[2H])C([2H])([2H])[2H]. The smallest absolute Gasteiger partial charge is 0.135 e. The second kappa shape index (κ2) is 2.78. The molecule has 0 rings (SSSR count). The zero-order chi connectivity index (χ0) is 13.4. The second-order valence-corrected chi connectivity index (χ2v) is 1.08. The van der Waals surface area contributed by atoms with Crippen molar-refractivity contribution in [3.8, 4) is 0 Å². The van der Waals surface area contributed by atoms with Crippen LogP contribution in [0.15, 0.2) is 0 Å². The zero-order valence-electron chi connectivity index (χ0n) is 12.7. The van der Waals surface area contributed by atoms with Crippen LogP contribution < -0.4 is 0 Å². The first-order valence-corrected chi connectivity index (χ1v) is 1.78. The van der Waals surface area contributed by atoms with Crippen LogP contribution in [0.4, 0.5) is 0 Å². The zero-order valence-corrected chi connectivity index (χ0v) is 3.69. The summed E-state index contributed by atoms with van der Waals surface area (Å²) in [4.78, 5) is 11.4. The van der Waals surface area contributed by atoms with Gasteiger partial charge in [-0.05, 0) is 0 Å². The molecule has 0 unspecified atom stereocenters. The molecule has 0 spiro atoms. The predicted molar refractivity (Wildman–Crippen MR) is 30.1 cm³/mol. The van der Waals surface area contributed by atoms with E-state index in [4.69, 9.17) is 12.3 Å². The van der Waals surface area contributed by atoms with Crippen molar-refractivity contribution in [2.24, 2.45) is 5.92 Å². The van der Waals surface area contributed by atoms with Crippen LogP contribution >= 0.6 is 0 Å². The van der Waals surface area contributed by atoms with Crippen molar-refractivity contribution in [3.05, 3.63) is 0 Å². The minimum atomic E-state index is -3.02. The number of hydrogen-bond donors (Lipinski definition) is 0. The van der Waals surface area contributed by atoms with Crippen molar-refractivity contribution in [1.29, 1.82) is 0 Å². The molecule has 1 heteroatoms. The molecule has 0 aliphatic carbocycles. The molecule has 0 radical (unpaired) electrons. The first-order chi connectivity index (χ1) is 6.75. The molecule has 0 aromatic carbocycles. The van der Waals surface area contributed by atoms with Crippen LogP contribution in [0.3, 0.4) is 0 Å². The van der Waals surface area contributed by atoms with Gasteiger partial charge in [-0.3, -0.25) is 4.79 Å². The van der Waals surface area contributed by atoms with Crippen molar-refractivity contribution >= 4 is 5.78 Å². The summed E-state index contributed by atoms with van der Waals surface area (Å²) in [6, 6.07) is 0. The van der Waals surface area contributed by atoms with Crippen LogP contribution in [0.25, 0.3) is 0 Å². The Bertz CT molecular complexity index is 243. The maximum atomic E-state index is 11.4. The number of carbonyl (C=O) groups excluding carboxylic acids is 1. The summed E-state index contributed by atoms with van der Waals surface area (Å²) < 4.78 is 62.1. The fourth-order valence-corrected chi connectivity index (χ4v) is 0.102. The Morgan fingerprint density at radius 1 is 1.86 bits per heavy atom. The van der Waals surface area contributed by atoms with Gasteiger partial charge < -0.3 is 0 Å². The van der Waals surface area contributed by atoms with Crippen molar-refractivity contribution in [2.45, 2.75) is 27.0 Å². The largest absolute Gasteiger partial charge is 0.299 e. The van der Waals surface area contributed by atoms with E-state index in [2.05, 4.69) is 0 Å². The Morgan fingerprint density at radius 3 is 3.00 bits per heavy atom. The molecule has 0 heterocycles. The van der Waals surface area contributed by atoms with Gasteiger partial charge in [-0.2, -0.15) is 0 Å². The Labute approximate surface area is 57.4 Å². The quantitative estimate of drug-likeness (QED) is 0.526. The van der Waals surface area contributed by atoms with Crippen LogP contribution in [-0.2, 0) is 4.79 Å². The lowest BCUT2D eigenvalue weighted by molar-refractivity contribution is -0.121. The van der Waals surface area contributed by atoms with Crippen LogP contribution in [0.2, 0.25) is 0 Å². The lowest BCUT2D eigenvalue weighted by Crippen LogP contribution is -2.03. The molecule has 0 saturated heterocycles. The van der Waals surface area contributed by atoms with E-state index < -0.39 is 38.7 Å². The maximum absolute atomic E-state index is 11.4. The van der Waals surface area contributed by atoms with E-state index in [1.165, 1.54) is 0 Å². The number of ketones is 1. The molecule has 0 aromatic heterocycles. The van der Waals surface area contributed by atoms with E-state index in [1.807, 2.05) is 0 Å². The van der Waals surface area contributed by atoms with Gasteiger partial charge in [-0.15, -0.1) is 0 Å². The third kappa shape index (κ3) is 2.38. The van der Waals surface area contributed by atoms with Crippen molar-refractivity contribution in [1.82, 2.24) is 0 Å². The molecular weight excluding hydrogens is 88.1 g/mol. The van der Waals surface area contributed by atoms with Gasteiger partial charge in [0.15, 0.2) is 0 Å². The highest BCUT2D eigenvalue weighted by atomic mass is 16.1. The molecule has 0 aliphatic heterocycles.